The van der Waals surface area contributed by atoms with E-state index in [0.29, 0.717) is 28.7 Å². The van der Waals surface area contributed by atoms with Crippen LogP contribution in [0.2, 0.25) is 0 Å². The Morgan fingerprint density at radius 3 is 2.16 bits per heavy atom. The molecule has 2 aromatic carbocycles. The van der Waals surface area contributed by atoms with Crippen molar-refractivity contribution in [1.29, 1.82) is 0 Å². The van der Waals surface area contributed by atoms with Crippen molar-refractivity contribution in [3.05, 3.63) is 82.9 Å². The van der Waals surface area contributed by atoms with Gasteiger partial charge in [0.25, 0.3) is 5.91 Å². The Kier molecular flexibility index (Phi) is 9.41. The minimum Gasteiger partial charge on any atom is -0.456 e. The summed E-state index contributed by atoms with van der Waals surface area (Å²) in [5, 5.41) is 39.5. The Balaban J connectivity index is 1.39. The number of rotatable bonds is 8. The molecule has 0 radical (unpaired) electrons. The average Bonchev–Trinajstić information content (AvgIpc) is 3.10. The van der Waals surface area contributed by atoms with Crippen LogP contribution in [0.3, 0.4) is 0 Å². The molecular weight excluding hydrogens is 642 g/mol. The van der Waals surface area contributed by atoms with Crippen LogP contribution in [0.25, 0.3) is 0 Å². The van der Waals surface area contributed by atoms with Gasteiger partial charge in [0.1, 0.15) is 17.8 Å². The number of fused-ring (bicyclic) bond motifs is 5. The van der Waals surface area contributed by atoms with Gasteiger partial charge in [0, 0.05) is 44.0 Å². The van der Waals surface area contributed by atoms with Crippen LogP contribution in [-0.2, 0) is 28.5 Å². The predicted molar refractivity (Wildman–Crippen MR) is 182 cm³/mol. The van der Waals surface area contributed by atoms with Gasteiger partial charge < -0.3 is 39.6 Å². The van der Waals surface area contributed by atoms with Gasteiger partial charge >= 0.3 is 5.97 Å². The van der Waals surface area contributed by atoms with Crippen molar-refractivity contribution >= 4 is 17.7 Å². The number of benzene rings is 2. The van der Waals surface area contributed by atoms with Crippen LogP contribution in [0.1, 0.15) is 69.4 Å². The molecule has 3 fully saturated rings. The number of nitrogens with one attached hydrogen (secondary N) is 1. The van der Waals surface area contributed by atoms with Gasteiger partial charge in [-0.2, -0.15) is 0 Å². The van der Waals surface area contributed by atoms with E-state index in [2.05, 4.69) is 5.32 Å². The average molecular weight is 692 g/mol. The number of methoxy groups -OCH3 is 2. The molecule has 11 atom stereocenters. The number of aliphatic hydroxyl groups is 3. The van der Waals surface area contributed by atoms with Gasteiger partial charge in [-0.15, -0.1) is 0 Å². The minimum atomic E-state index is -1.83. The molecule has 270 valence electrons. The van der Waals surface area contributed by atoms with Gasteiger partial charge in [-0.05, 0) is 48.6 Å². The highest BCUT2D eigenvalue weighted by molar-refractivity contribution is 5.95. The van der Waals surface area contributed by atoms with Crippen LogP contribution in [0.15, 0.2) is 71.8 Å². The molecule has 1 amide bonds. The second-order valence-corrected chi connectivity index (χ2v) is 15.2. The summed E-state index contributed by atoms with van der Waals surface area (Å²) in [4.78, 5) is 42.1. The second kappa shape index (κ2) is 13.0. The number of esters is 1. The predicted octanol–water partition coefficient (Wildman–Crippen LogP) is 3.31. The summed E-state index contributed by atoms with van der Waals surface area (Å²) in [6.07, 6.45) is -5.06. The molecular formula is C39H49NO10. The van der Waals surface area contributed by atoms with E-state index in [4.69, 9.17) is 18.9 Å². The Labute approximate surface area is 293 Å². The normalized spacial score (nSPS) is 37.2. The third-order valence-electron chi connectivity index (χ3n) is 12.6. The van der Waals surface area contributed by atoms with Gasteiger partial charge in [0.2, 0.25) is 0 Å². The molecule has 9 unspecified atom stereocenters. The van der Waals surface area contributed by atoms with Crippen molar-refractivity contribution in [3.63, 3.8) is 0 Å². The fourth-order valence-corrected chi connectivity index (χ4v) is 9.79. The maximum atomic E-state index is 14.9. The SMILES string of the molecule is COC1C(=O)[C@]2(C)C(OC)CC3OCC3(O)C2[C@H](C)C2(O)CC(OC(=O)C(O)C(NC(=O)c3ccccc3)c3ccccc3)C(C)=C1C2(C)C. The minimum absolute atomic E-state index is 0.00203. The first kappa shape index (κ1) is 36.3. The quantitative estimate of drug-likeness (QED) is 0.239. The Morgan fingerprint density at radius 2 is 1.60 bits per heavy atom. The zero-order valence-electron chi connectivity index (χ0n) is 29.7. The van der Waals surface area contributed by atoms with Crippen molar-refractivity contribution in [2.45, 2.75) is 95.2 Å². The van der Waals surface area contributed by atoms with Gasteiger partial charge in [0.15, 0.2) is 11.9 Å². The van der Waals surface area contributed by atoms with Gasteiger partial charge in [-0.1, -0.05) is 69.3 Å². The van der Waals surface area contributed by atoms with E-state index in [1.807, 2.05) is 20.8 Å². The molecule has 2 aromatic rings. The van der Waals surface area contributed by atoms with E-state index < -0.39 is 82.3 Å². The third kappa shape index (κ3) is 5.28. The Hall–Kier alpha value is -3.45. The lowest BCUT2D eigenvalue weighted by Gasteiger charge is -2.68. The van der Waals surface area contributed by atoms with Crippen LogP contribution in [0.5, 0.6) is 0 Å². The molecule has 11 heteroatoms. The fraction of sp³-hybridized carbons (Fsp3) is 0.564. The molecule has 1 heterocycles. The molecule has 0 spiro atoms. The summed E-state index contributed by atoms with van der Waals surface area (Å²) in [5.41, 5.74) is -3.58. The molecule has 0 aromatic heterocycles. The van der Waals surface area contributed by atoms with Crippen molar-refractivity contribution in [3.8, 4) is 0 Å². The van der Waals surface area contributed by atoms with Crippen molar-refractivity contribution in [2.24, 2.45) is 22.7 Å². The van der Waals surface area contributed by atoms with Crippen molar-refractivity contribution in [1.82, 2.24) is 5.32 Å². The second-order valence-electron chi connectivity index (χ2n) is 15.2. The van der Waals surface area contributed by atoms with E-state index in [-0.39, 0.29) is 18.8 Å². The van der Waals surface area contributed by atoms with Gasteiger partial charge in [0.05, 0.1) is 35.9 Å². The van der Waals surface area contributed by atoms with Crippen LogP contribution in [-0.4, -0.2) is 95.5 Å². The summed E-state index contributed by atoms with van der Waals surface area (Å²) < 4.78 is 23.8. The number of aliphatic hydroxyl groups excluding tert-OH is 1. The number of hydrogen-bond acceptors (Lipinski definition) is 10. The van der Waals surface area contributed by atoms with Crippen LogP contribution < -0.4 is 5.32 Å². The van der Waals surface area contributed by atoms with Crippen LogP contribution in [0.4, 0.5) is 0 Å². The van der Waals surface area contributed by atoms with Crippen molar-refractivity contribution < 1.29 is 48.7 Å². The first-order valence-corrected chi connectivity index (χ1v) is 17.2. The van der Waals surface area contributed by atoms with E-state index >= 15 is 0 Å². The highest BCUT2D eigenvalue weighted by Gasteiger charge is 2.74. The molecule has 11 nitrogen and oxygen atoms in total. The lowest BCUT2D eigenvalue weighted by molar-refractivity contribution is -0.337. The van der Waals surface area contributed by atoms with Crippen LogP contribution in [0, 0.1) is 22.7 Å². The molecule has 4 aliphatic rings. The molecule has 4 N–H and O–H groups in total. The highest BCUT2D eigenvalue weighted by Crippen LogP contribution is 2.65. The van der Waals surface area contributed by atoms with E-state index in [9.17, 15) is 29.7 Å². The maximum Gasteiger partial charge on any atom is 0.338 e. The first-order chi connectivity index (χ1) is 23.6. The zero-order chi connectivity index (χ0) is 36.4. The van der Waals surface area contributed by atoms with Crippen molar-refractivity contribution in [2.75, 3.05) is 20.8 Å². The lowest BCUT2D eigenvalue weighted by Crippen LogP contribution is -2.79. The van der Waals surface area contributed by atoms with Crippen LogP contribution >= 0.6 is 0 Å². The Morgan fingerprint density at radius 1 is 0.980 bits per heavy atom. The fourth-order valence-electron chi connectivity index (χ4n) is 9.79. The molecule has 1 aliphatic heterocycles. The molecule has 1 saturated heterocycles. The zero-order valence-corrected chi connectivity index (χ0v) is 29.7. The van der Waals surface area contributed by atoms with E-state index in [1.165, 1.54) is 14.2 Å². The molecule has 3 aliphatic carbocycles. The number of ketones is 1. The summed E-state index contributed by atoms with van der Waals surface area (Å²) in [5.74, 6) is -3.34. The third-order valence-corrected chi connectivity index (χ3v) is 12.6. The number of carbonyl (C=O) groups excluding carboxylic acids is 3. The van der Waals surface area contributed by atoms with Gasteiger partial charge in [-0.3, -0.25) is 9.59 Å². The number of Topliss-reactive ketones (excluding diaryl/α,β-unsaturated/α-hetero) is 1. The topological polar surface area (TPSA) is 161 Å². The number of amides is 1. The number of hydrogen-bond donors (Lipinski definition) is 4. The van der Waals surface area contributed by atoms with Gasteiger partial charge in [-0.25, -0.2) is 4.79 Å². The summed E-state index contributed by atoms with van der Waals surface area (Å²) in [6, 6.07) is 15.9. The maximum absolute atomic E-state index is 14.9. The summed E-state index contributed by atoms with van der Waals surface area (Å²) in [6.45, 7) is 9.05. The molecule has 2 bridgehead atoms. The molecule has 2 saturated carbocycles. The highest BCUT2D eigenvalue weighted by atomic mass is 16.6. The molecule has 50 heavy (non-hydrogen) atoms. The number of ether oxygens (including phenoxy) is 4. The monoisotopic (exact) mass is 691 g/mol. The molecule has 6 rings (SSSR count). The van der Waals surface area contributed by atoms with E-state index in [0.717, 1.165) is 0 Å². The number of carbonyl (C=O) groups is 3. The van der Waals surface area contributed by atoms with E-state index in [1.54, 1.807) is 74.5 Å². The smallest absolute Gasteiger partial charge is 0.338 e. The Bertz CT molecular complexity index is 1660. The standard InChI is InChI=1S/C39H49NO10/c1-21-25(50-35(44)30(41)29(23-14-10-8-11-15-23)40-34(43)24-16-12-9-13-17-24)19-39(46)22(2)32-37(5,26(47-6)18-27-38(32,45)20-49-27)33(42)31(48-7)28(21)36(39,3)4/h8-17,22,25-27,29-32,41,45-46H,18-20H2,1-7H3,(H,40,43)/t22-,25?,26?,27?,29?,30?,31?,32?,37+,38?,39?/m0/s1. The summed E-state index contributed by atoms with van der Waals surface area (Å²) in [7, 11) is 2.96. The lowest BCUT2D eigenvalue weighted by atomic mass is 9.42. The summed E-state index contributed by atoms with van der Waals surface area (Å²) >= 11 is 0. The first-order valence-electron chi connectivity index (χ1n) is 17.2. The largest absolute Gasteiger partial charge is 0.456 e.